The molecule has 0 aliphatic carbocycles. The topological polar surface area (TPSA) is 13.1 Å². The van der Waals surface area contributed by atoms with Crippen molar-refractivity contribution in [3.8, 4) is 0 Å². The summed E-state index contributed by atoms with van der Waals surface area (Å²) < 4.78 is 5.35. The fraction of sp³-hybridized carbons (Fsp3) is 0.176. The Morgan fingerprint density at radius 2 is 1.61 bits per heavy atom. The van der Waals surface area contributed by atoms with E-state index in [9.17, 15) is 0 Å². The average Bonchev–Trinajstić information content (AvgIpc) is 2.87. The van der Waals surface area contributed by atoms with Crippen LogP contribution >= 0.6 is 0 Å². The van der Waals surface area contributed by atoms with Crippen molar-refractivity contribution in [3.05, 3.63) is 72.0 Å². The summed E-state index contributed by atoms with van der Waals surface area (Å²) in [4.78, 5) is 0. The molecule has 18 heavy (non-hydrogen) atoms. The van der Waals surface area contributed by atoms with E-state index in [1.54, 1.807) is 6.26 Å². The van der Waals surface area contributed by atoms with E-state index in [0.717, 1.165) is 18.4 Å². The maximum Gasteiger partial charge on any atom is 0.133 e. The van der Waals surface area contributed by atoms with E-state index in [-0.39, 0.29) is 0 Å². The van der Waals surface area contributed by atoms with E-state index >= 15 is 0 Å². The van der Waals surface area contributed by atoms with Crippen molar-refractivity contribution in [1.82, 2.24) is 0 Å². The number of rotatable bonds is 4. The lowest BCUT2D eigenvalue weighted by Crippen LogP contribution is -1.89. The number of aryl methyl sites for hydroxylation is 2. The maximum atomic E-state index is 5.35. The zero-order valence-corrected chi connectivity index (χ0v) is 10.3. The molecule has 0 N–H and O–H groups in total. The molecule has 0 saturated carbocycles. The Hall–Kier alpha value is -2.02. The minimum Gasteiger partial charge on any atom is -0.464 e. The summed E-state index contributed by atoms with van der Waals surface area (Å²) in [5.41, 5.74) is 3.78. The highest BCUT2D eigenvalue weighted by molar-refractivity contribution is 5.77. The van der Waals surface area contributed by atoms with Crippen LogP contribution in [0.1, 0.15) is 17.5 Å². The van der Waals surface area contributed by atoms with Gasteiger partial charge in [-0.2, -0.15) is 0 Å². The molecule has 90 valence electrons. The Bertz CT molecular complexity index is 622. The Morgan fingerprint density at radius 1 is 0.778 bits per heavy atom. The molecule has 0 aliphatic heterocycles. The van der Waals surface area contributed by atoms with Crippen molar-refractivity contribution in [2.45, 2.75) is 19.3 Å². The quantitative estimate of drug-likeness (QED) is 0.644. The summed E-state index contributed by atoms with van der Waals surface area (Å²) in [6.45, 7) is 0. The summed E-state index contributed by atoms with van der Waals surface area (Å²) in [5, 5.41) is 1.20. The van der Waals surface area contributed by atoms with E-state index in [4.69, 9.17) is 4.42 Å². The van der Waals surface area contributed by atoms with Crippen LogP contribution in [-0.2, 0) is 12.8 Å². The molecule has 1 heteroatoms. The van der Waals surface area contributed by atoms with Gasteiger partial charge in [-0.15, -0.1) is 0 Å². The van der Waals surface area contributed by atoms with Crippen LogP contribution in [0.25, 0.3) is 11.0 Å². The zero-order chi connectivity index (χ0) is 12.2. The van der Waals surface area contributed by atoms with Gasteiger partial charge in [0.05, 0.1) is 6.26 Å². The van der Waals surface area contributed by atoms with Gasteiger partial charge >= 0.3 is 0 Å². The molecule has 0 bridgehead atoms. The lowest BCUT2D eigenvalue weighted by molar-refractivity contribution is 0.615. The third-order valence-corrected chi connectivity index (χ3v) is 3.29. The highest BCUT2D eigenvalue weighted by Gasteiger charge is 1.99. The summed E-state index contributed by atoms with van der Waals surface area (Å²) >= 11 is 0. The molecule has 0 fully saturated rings. The lowest BCUT2D eigenvalue weighted by atomic mass is 10.0. The van der Waals surface area contributed by atoms with Crippen LogP contribution in [0.15, 0.2) is 65.3 Å². The average molecular weight is 236 g/mol. The van der Waals surface area contributed by atoms with Crippen LogP contribution in [-0.4, -0.2) is 0 Å². The molecule has 1 heterocycles. The van der Waals surface area contributed by atoms with Gasteiger partial charge in [-0.05, 0) is 48.6 Å². The molecule has 2 aromatic carbocycles. The molecule has 0 radical (unpaired) electrons. The van der Waals surface area contributed by atoms with Crippen LogP contribution in [0, 0.1) is 0 Å². The van der Waals surface area contributed by atoms with E-state index in [0.29, 0.717) is 0 Å². The summed E-state index contributed by atoms with van der Waals surface area (Å²) in [6.07, 6.45) is 5.20. The minimum absolute atomic E-state index is 0.974. The summed E-state index contributed by atoms with van der Waals surface area (Å²) in [6, 6.07) is 19.1. The largest absolute Gasteiger partial charge is 0.464 e. The summed E-state index contributed by atoms with van der Waals surface area (Å²) in [5.74, 6) is 0. The van der Waals surface area contributed by atoms with Gasteiger partial charge in [-0.1, -0.05) is 36.4 Å². The Morgan fingerprint density at radius 3 is 2.50 bits per heavy atom. The summed E-state index contributed by atoms with van der Waals surface area (Å²) in [7, 11) is 0. The SMILES string of the molecule is c1ccc(CCCc2ccc3occc3c2)cc1. The standard InChI is InChI=1S/C17H16O/c1-2-5-14(6-3-1)7-4-8-15-9-10-17-16(13-15)11-12-18-17/h1-3,5-6,9-13H,4,7-8H2. The fourth-order valence-electron chi connectivity index (χ4n) is 2.31. The molecule has 0 amide bonds. The van der Waals surface area contributed by atoms with Crippen molar-refractivity contribution >= 4 is 11.0 Å². The Kier molecular flexibility index (Phi) is 3.14. The normalized spacial score (nSPS) is 10.9. The number of furan rings is 1. The van der Waals surface area contributed by atoms with Gasteiger partial charge in [0.15, 0.2) is 0 Å². The predicted octanol–water partition coefficient (Wildman–Crippen LogP) is 4.61. The first-order valence-corrected chi connectivity index (χ1v) is 6.42. The first kappa shape index (κ1) is 11.1. The van der Waals surface area contributed by atoms with Crippen molar-refractivity contribution in [1.29, 1.82) is 0 Å². The number of benzene rings is 2. The fourth-order valence-corrected chi connectivity index (χ4v) is 2.31. The van der Waals surface area contributed by atoms with Crippen molar-refractivity contribution in [3.63, 3.8) is 0 Å². The van der Waals surface area contributed by atoms with Crippen molar-refractivity contribution < 1.29 is 4.42 Å². The van der Waals surface area contributed by atoms with Gasteiger partial charge in [-0.3, -0.25) is 0 Å². The van der Waals surface area contributed by atoms with Gasteiger partial charge in [0.25, 0.3) is 0 Å². The van der Waals surface area contributed by atoms with Crippen molar-refractivity contribution in [2.75, 3.05) is 0 Å². The molecule has 3 aromatic rings. The molecule has 0 saturated heterocycles. The monoisotopic (exact) mass is 236 g/mol. The van der Waals surface area contributed by atoms with Crippen LogP contribution in [0.4, 0.5) is 0 Å². The number of fused-ring (bicyclic) bond motifs is 1. The number of hydrogen-bond donors (Lipinski definition) is 0. The second kappa shape index (κ2) is 5.09. The molecule has 0 spiro atoms. The molecular weight excluding hydrogens is 220 g/mol. The molecule has 0 atom stereocenters. The highest BCUT2D eigenvalue weighted by atomic mass is 16.3. The molecule has 1 nitrogen and oxygen atoms in total. The van der Waals surface area contributed by atoms with E-state index in [1.165, 1.54) is 22.9 Å². The Labute approximate surface area is 107 Å². The van der Waals surface area contributed by atoms with Crippen molar-refractivity contribution in [2.24, 2.45) is 0 Å². The molecular formula is C17H16O. The Balaban J connectivity index is 1.62. The maximum absolute atomic E-state index is 5.35. The van der Waals surface area contributed by atoms with Gasteiger partial charge in [-0.25, -0.2) is 0 Å². The van der Waals surface area contributed by atoms with Gasteiger partial charge in [0.2, 0.25) is 0 Å². The number of hydrogen-bond acceptors (Lipinski definition) is 1. The lowest BCUT2D eigenvalue weighted by Gasteiger charge is -2.02. The molecule has 1 aromatic heterocycles. The predicted molar refractivity (Wildman–Crippen MR) is 74.7 cm³/mol. The minimum atomic E-state index is 0.974. The van der Waals surface area contributed by atoms with Crippen LogP contribution < -0.4 is 0 Å². The second-order valence-corrected chi connectivity index (χ2v) is 4.63. The van der Waals surface area contributed by atoms with E-state index < -0.39 is 0 Å². The zero-order valence-electron chi connectivity index (χ0n) is 10.3. The smallest absolute Gasteiger partial charge is 0.133 e. The van der Waals surface area contributed by atoms with E-state index in [1.807, 2.05) is 6.07 Å². The van der Waals surface area contributed by atoms with Gasteiger partial charge in [0.1, 0.15) is 5.58 Å². The molecule has 0 aliphatic rings. The van der Waals surface area contributed by atoms with Crippen LogP contribution in [0.3, 0.4) is 0 Å². The first-order valence-electron chi connectivity index (χ1n) is 6.42. The van der Waals surface area contributed by atoms with Crippen LogP contribution in [0.5, 0.6) is 0 Å². The van der Waals surface area contributed by atoms with E-state index in [2.05, 4.69) is 48.5 Å². The third-order valence-electron chi connectivity index (χ3n) is 3.29. The highest BCUT2D eigenvalue weighted by Crippen LogP contribution is 2.18. The molecule has 3 rings (SSSR count). The molecule has 0 unspecified atom stereocenters. The van der Waals surface area contributed by atoms with Gasteiger partial charge < -0.3 is 4.42 Å². The first-order chi connectivity index (χ1) is 8.92. The second-order valence-electron chi connectivity index (χ2n) is 4.63. The van der Waals surface area contributed by atoms with Gasteiger partial charge in [0, 0.05) is 5.39 Å². The third kappa shape index (κ3) is 2.45. The van der Waals surface area contributed by atoms with Crippen LogP contribution in [0.2, 0.25) is 0 Å².